The highest BCUT2D eigenvalue weighted by Gasteiger charge is 2.29. The van der Waals surface area contributed by atoms with Crippen LogP contribution in [-0.4, -0.2) is 20.8 Å². The van der Waals surface area contributed by atoms with Crippen molar-refractivity contribution in [3.63, 3.8) is 0 Å². The molecule has 104 valence electrons. The van der Waals surface area contributed by atoms with Crippen molar-refractivity contribution in [3.05, 3.63) is 29.8 Å². The summed E-state index contributed by atoms with van der Waals surface area (Å²) in [5.41, 5.74) is 0.686. The number of unbranched alkanes of at least 4 members (excludes halogenated alkanes) is 1. The molecule has 0 radical (unpaired) electrons. The summed E-state index contributed by atoms with van der Waals surface area (Å²) >= 11 is 0. The minimum Gasteiger partial charge on any atom is -0.267 e. The molecule has 2 rings (SSSR count). The number of nitrogens with zero attached hydrogens (tertiary/aromatic N) is 1. The number of hydrogen-bond donors (Lipinski definition) is 1. The average Bonchev–Trinajstić information content (AvgIpc) is 2.61. The Balaban J connectivity index is 2.03. The minimum absolute atomic E-state index is 0.330. The molecule has 0 unspecified atom stereocenters. The van der Waals surface area contributed by atoms with Crippen LogP contribution in [-0.2, 0) is 10.0 Å². The van der Waals surface area contributed by atoms with Gasteiger partial charge in [0.15, 0.2) is 0 Å². The predicted octanol–water partition coefficient (Wildman–Crippen LogP) is 2.55. The fraction of sp³-hybridized carbons (Fsp3) is 0.500. The molecule has 5 heteroatoms. The molecule has 0 saturated heterocycles. The Bertz CT molecular complexity index is 577. The summed E-state index contributed by atoms with van der Waals surface area (Å²) in [7, 11) is -3.39. The molecule has 0 spiro atoms. The van der Waals surface area contributed by atoms with Crippen molar-refractivity contribution in [2.75, 3.05) is 6.54 Å². The Morgan fingerprint density at radius 2 is 1.95 bits per heavy atom. The van der Waals surface area contributed by atoms with E-state index in [9.17, 15) is 8.42 Å². The maximum atomic E-state index is 11.8. The molecule has 1 aromatic carbocycles. The Labute approximate surface area is 115 Å². The summed E-state index contributed by atoms with van der Waals surface area (Å²) in [6, 6.07) is 6.96. The van der Waals surface area contributed by atoms with Crippen LogP contribution in [0.4, 0.5) is 0 Å². The number of aliphatic imine (C=N–C) groups is 1. The van der Waals surface area contributed by atoms with Crippen LogP contribution in [0.1, 0.15) is 38.7 Å². The van der Waals surface area contributed by atoms with E-state index in [1.807, 2.05) is 6.07 Å². The quantitative estimate of drug-likeness (QED) is 0.843. The van der Waals surface area contributed by atoms with E-state index >= 15 is 0 Å². The highest BCUT2D eigenvalue weighted by Crippen LogP contribution is 2.22. The molecule has 1 aliphatic rings. The van der Waals surface area contributed by atoms with E-state index in [1.54, 1.807) is 18.2 Å². The lowest BCUT2D eigenvalue weighted by Crippen LogP contribution is -2.22. The number of rotatable bonds is 5. The number of nitrogens with one attached hydrogen (secondary N) is 1. The van der Waals surface area contributed by atoms with E-state index in [0.29, 0.717) is 28.8 Å². The van der Waals surface area contributed by atoms with Crippen LogP contribution in [0.3, 0.4) is 0 Å². The van der Waals surface area contributed by atoms with Gasteiger partial charge in [-0.25, -0.2) is 8.42 Å². The molecule has 19 heavy (non-hydrogen) atoms. The van der Waals surface area contributed by atoms with Gasteiger partial charge >= 0.3 is 0 Å². The van der Waals surface area contributed by atoms with Gasteiger partial charge in [-0.1, -0.05) is 38.8 Å². The van der Waals surface area contributed by atoms with E-state index < -0.39 is 10.0 Å². The molecule has 1 heterocycles. The second kappa shape index (κ2) is 5.74. The highest BCUT2D eigenvalue weighted by molar-refractivity contribution is 7.90. The van der Waals surface area contributed by atoms with Gasteiger partial charge in [0.1, 0.15) is 5.84 Å². The third-order valence-electron chi connectivity index (χ3n) is 3.12. The van der Waals surface area contributed by atoms with Gasteiger partial charge in [-0.3, -0.25) is 9.71 Å². The normalized spacial score (nSPS) is 18.6. The summed E-state index contributed by atoms with van der Waals surface area (Å²) in [5, 5.41) is 0. The summed E-state index contributed by atoms with van der Waals surface area (Å²) in [5.74, 6) is 1.19. The molecule has 4 nitrogen and oxygen atoms in total. The van der Waals surface area contributed by atoms with Crippen LogP contribution in [0, 0.1) is 5.92 Å². The number of hydrogen-bond acceptors (Lipinski definition) is 3. The zero-order valence-electron chi connectivity index (χ0n) is 11.4. The van der Waals surface area contributed by atoms with Crippen molar-refractivity contribution in [2.45, 2.75) is 38.0 Å². The molecule has 0 bridgehead atoms. The molecular formula is C14H20N2O2S. The Kier molecular flexibility index (Phi) is 4.24. The Morgan fingerprint density at radius 1 is 1.21 bits per heavy atom. The van der Waals surface area contributed by atoms with E-state index in [4.69, 9.17) is 0 Å². The molecule has 1 aromatic rings. The molecule has 0 fully saturated rings. The van der Waals surface area contributed by atoms with Crippen LogP contribution in [0.2, 0.25) is 0 Å². The summed E-state index contributed by atoms with van der Waals surface area (Å²) in [6.45, 7) is 5.07. The molecule has 0 atom stereocenters. The van der Waals surface area contributed by atoms with Crippen molar-refractivity contribution in [1.29, 1.82) is 0 Å². The van der Waals surface area contributed by atoms with E-state index in [1.165, 1.54) is 6.42 Å². The summed E-state index contributed by atoms with van der Waals surface area (Å²) < 4.78 is 26.2. The van der Waals surface area contributed by atoms with Gasteiger partial charge in [-0.15, -0.1) is 0 Å². The summed E-state index contributed by atoms with van der Waals surface area (Å²) in [6.07, 6.45) is 3.31. The van der Waals surface area contributed by atoms with E-state index in [2.05, 4.69) is 23.6 Å². The van der Waals surface area contributed by atoms with Crippen molar-refractivity contribution < 1.29 is 8.42 Å². The van der Waals surface area contributed by atoms with Crippen LogP contribution in [0.5, 0.6) is 0 Å². The van der Waals surface area contributed by atoms with Gasteiger partial charge in [0, 0.05) is 12.1 Å². The summed E-state index contributed by atoms with van der Waals surface area (Å²) in [4.78, 5) is 4.71. The number of benzene rings is 1. The fourth-order valence-corrected chi connectivity index (χ4v) is 3.36. The predicted molar refractivity (Wildman–Crippen MR) is 76.9 cm³/mol. The zero-order valence-corrected chi connectivity index (χ0v) is 12.2. The molecule has 0 saturated carbocycles. The topological polar surface area (TPSA) is 58.5 Å². The molecule has 0 aliphatic carbocycles. The monoisotopic (exact) mass is 280 g/mol. The second-order valence-corrected chi connectivity index (χ2v) is 6.87. The standard InChI is InChI=1S/C14H20N2O2S/c1-11(2)7-5-6-10-15-14-12-8-3-4-9-13(12)19(17,18)16-14/h3-4,8-9,11H,5-7,10H2,1-2H3,(H,15,16). The van der Waals surface area contributed by atoms with Gasteiger partial charge in [0.05, 0.1) is 4.90 Å². The number of sulfonamides is 1. The molecule has 1 aliphatic heterocycles. The largest absolute Gasteiger partial charge is 0.267 e. The van der Waals surface area contributed by atoms with Crippen LogP contribution < -0.4 is 4.72 Å². The van der Waals surface area contributed by atoms with Gasteiger partial charge in [0.2, 0.25) is 0 Å². The Hall–Kier alpha value is -1.36. The van der Waals surface area contributed by atoms with Crippen molar-refractivity contribution >= 4 is 15.9 Å². The zero-order chi connectivity index (χ0) is 13.9. The molecule has 0 amide bonds. The first kappa shape index (κ1) is 14.1. The minimum atomic E-state index is -3.39. The van der Waals surface area contributed by atoms with Crippen LogP contribution in [0.15, 0.2) is 34.2 Å². The van der Waals surface area contributed by atoms with Gasteiger partial charge < -0.3 is 0 Å². The van der Waals surface area contributed by atoms with Gasteiger partial charge in [-0.2, -0.15) is 0 Å². The first-order chi connectivity index (χ1) is 9.00. The van der Waals surface area contributed by atoms with Crippen LogP contribution >= 0.6 is 0 Å². The maximum absolute atomic E-state index is 11.8. The lowest BCUT2D eigenvalue weighted by Gasteiger charge is -2.03. The van der Waals surface area contributed by atoms with Crippen molar-refractivity contribution in [1.82, 2.24) is 4.72 Å². The smallest absolute Gasteiger partial charge is 0.263 e. The second-order valence-electron chi connectivity index (χ2n) is 5.22. The van der Waals surface area contributed by atoms with E-state index in [-0.39, 0.29) is 0 Å². The highest BCUT2D eigenvalue weighted by atomic mass is 32.2. The van der Waals surface area contributed by atoms with E-state index in [0.717, 1.165) is 12.8 Å². The number of amidine groups is 1. The van der Waals surface area contributed by atoms with Gasteiger partial charge in [-0.05, 0) is 24.5 Å². The lowest BCUT2D eigenvalue weighted by atomic mass is 10.1. The molecular weight excluding hydrogens is 260 g/mol. The van der Waals surface area contributed by atoms with Crippen molar-refractivity contribution in [3.8, 4) is 0 Å². The lowest BCUT2D eigenvalue weighted by molar-refractivity contribution is 0.541. The fourth-order valence-electron chi connectivity index (χ4n) is 2.11. The molecule has 0 aromatic heterocycles. The SMILES string of the molecule is CC(C)CCCCN=C1NS(=O)(=O)c2ccccc21. The third kappa shape index (κ3) is 3.35. The number of fused-ring (bicyclic) bond motifs is 1. The Morgan fingerprint density at radius 3 is 2.68 bits per heavy atom. The first-order valence-corrected chi connectivity index (χ1v) is 8.15. The van der Waals surface area contributed by atoms with Crippen molar-refractivity contribution in [2.24, 2.45) is 10.9 Å². The third-order valence-corrected chi connectivity index (χ3v) is 4.52. The maximum Gasteiger partial charge on any atom is 0.263 e. The molecule has 1 N–H and O–H groups in total. The average molecular weight is 280 g/mol. The first-order valence-electron chi connectivity index (χ1n) is 6.67. The van der Waals surface area contributed by atoms with Gasteiger partial charge in [0.25, 0.3) is 10.0 Å². The van der Waals surface area contributed by atoms with Crippen LogP contribution in [0.25, 0.3) is 0 Å².